The van der Waals surface area contributed by atoms with Crippen LogP contribution in [0.2, 0.25) is 0 Å². The number of halogens is 1. The van der Waals surface area contributed by atoms with E-state index in [9.17, 15) is 4.39 Å². The Bertz CT molecular complexity index is 526. The highest BCUT2D eigenvalue weighted by Gasteiger charge is 2.08. The van der Waals surface area contributed by atoms with Crippen LogP contribution in [-0.4, -0.2) is 9.97 Å². The second kappa shape index (κ2) is 4.91. The first-order valence-corrected chi connectivity index (χ1v) is 5.59. The Balaban J connectivity index is 2.48. The van der Waals surface area contributed by atoms with Crippen molar-refractivity contribution in [2.45, 2.75) is 19.8 Å². The van der Waals surface area contributed by atoms with E-state index in [0.29, 0.717) is 22.9 Å². The third-order valence-corrected chi connectivity index (χ3v) is 2.42. The summed E-state index contributed by atoms with van der Waals surface area (Å²) in [4.78, 5) is 8.45. The Hall–Kier alpha value is -1.97. The van der Waals surface area contributed by atoms with Gasteiger partial charge in [-0.25, -0.2) is 14.4 Å². The minimum Gasteiger partial charge on any atom is -0.384 e. The van der Waals surface area contributed by atoms with Crippen LogP contribution in [0.1, 0.15) is 19.2 Å². The maximum Gasteiger partial charge on any atom is 0.132 e. The molecule has 88 valence electrons. The predicted molar refractivity (Wildman–Crippen MR) is 65.8 cm³/mol. The highest BCUT2D eigenvalue weighted by molar-refractivity contribution is 5.62. The van der Waals surface area contributed by atoms with Crippen LogP contribution < -0.4 is 5.73 Å². The number of aryl methyl sites for hydroxylation is 1. The number of hydrogen-bond donors (Lipinski definition) is 1. The lowest BCUT2D eigenvalue weighted by atomic mass is 10.1. The summed E-state index contributed by atoms with van der Waals surface area (Å²) in [7, 11) is 0. The van der Waals surface area contributed by atoms with Gasteiger partial charge in [0.25, 0.3) is 0 Å². The van der Waals surface area contributed by atoms with E-state index < -0.39 is 0 Å². The van der Waals surface area contributed by atoms with Gasteiger partial charge >= 0.3 is 0 Å². The second-order valence-electron chi connectivity index (χ2n) is 3.82. The van der Waals surface area contributed by atoms with E-state index in [1.165, 1.54) is 6.07 Å². The zero-order chi connectivity index (χ0) is 12.3. The second-order valence-corrected chi connectivity index (χ2v) is 3.82. The van der Waals surface area contributed by atoms with Gasteiger partial charge in [0.1, 0.15) is 17.5 Å². The predicted octanol–water partition coefficient (Wildman–Crippen LogP) is 2.82. The molecule has 0 fully saturated rings. The zero-order valence-electron chi connectivity index (χ0n) is 9.65. The molecule has 0 saturated carbocycles. The smallest absolute Gasteiger partial charge is 0.132 e. The lowest BCUT2D eigenvalue weighted by Crippen LogP contribution is -2.01. The summed E-state index contributed by atoms with van der Waals surface area (Å²) < 4.78 is 13.6. The molecule has 0 atom stereocenters. The molecule has 17 heavy (non-hydrogen) atoms. The van der Waals surface area contributed by atoms with E-state index in [4.69, 9.17) is 5.73 Å². The summed E-state index contributed by atoms with van der Waals surface area (Å²) in [5.41, 5.74) is 6.70. The molecule has 0 bridgehead atoms. The SMILES string of the molecule is CCCc1nc(N)cc(-c2ccccc2F)n1. The fraction of sp³-hybridized carbons (Fsp3) is 0.231. The molecule has 0 radical (unpaired) electrons. The molecule has 0 aliphatic carbocycles. The van der Waals surface area contributed by atoms with Gasteiger partial charge in [-0.05, 0) is 18.6 Å². The lowest BCUT2D eigenvalue weighted by Gasteiger charge is -2.06. The summed E-state index contributed by atoms with van der Waals surface area (Å²) >= 11 is 0. The summed E-state index contributed by atoms with van der Waals surface area (Å²) in [6.07, 6.45) is 1.67. The summed E-state index contributed by atoms with van der Waals surface area (Å²) in [6, 6.07) is 8.12. The highest BCUT2D eigenvalue weighted by atomic mass is 19.1. The van der Waals surface area contributed by atoms with Gasteiger partial charge in [-0.3, -0.25) is 0 Å². The van der Waals surface area contributed by atoms with Crippen LogP contribution in [0.15, 0.2) is 30.3 Å². The third kappa shape index (κ3) is 2.58. The van der Waals surface area contributed by atoms with Crippen LogP contribution >= 0.6 is 0 Å². The molecule has 4 heteroatoms. The molecule has 0 saturated heterocycles. The standard InChI is InChI=1S/C13H14FN3/c1-2-5-13-16-11(8-12(15)17-13)9-6-3-4-7-10(9)14/h3-4,6-8H,2,5H2,1H3,(H2,15,16,17). The lowest BCUT2D eigenvalue weighted by molar-refractivity contribution is 0.630. The molecule has 2 rings (SSSR count). The minimum absolute atomic E-state index is 0.298. The van der Waals surface area contributed by atoms with Crippen molar-refractivity contribution in [1.82, 2.24) is 9.97 Å². The molecule has 1 aromatic heterocycles. The molecule has 0 aliphatic heterocycles. The minimum atomic E-state index is -0.298. The van der Waals surface area contributed by atoms with Crippen molar-refractivity contribution < 1.29 is 4.39 Å². The van der Waals surface area contributed by atoms with Gasteiger partial charge in [0, 0.05) is 18.1 Å². The molecule has 1 heterocycles. The van der Waals surface area contributed by atoms with Gasteiger partial charge in [0.15, 0.2) is 0 Å². The van der Waals surface area contributed by atoms with Crippen LogP contribution in [0, 0.1) is 5.82 Å². The van der Waals surface area contributed by atoms with Gasteiger partial charge in [-0.1, -0.05) is 19.1 Å². The number of anilines is 1. The van der Waals surface area contributed by atoms with E-state index in [1.54, 1.807) is 24.3 Å². The highest BCUT2D eigenvalue weighted by Crippen LogP contribution is 2.22. The quantitative estimate of drug-likeness (QED) is 0.883. The summed E-state index contributed by atoms with van der Waals surface area (Å²) in [5.74, 6) is 0.737. The van der Waals surface area contributed by atoms with Crippen molar-refractivity contribution in [1.29, 1.82) is 0 Å². The van der Waals surface area contributed by atoms with E-state index in [1.807, 2.05) is 6.92 Å². The molecule has 0 aliphatic rings. The topological polar surface area (TPSA) is 51.8 Å². The van der Waals surface area contributed by atoms with E-state index in [0.717, 1.165) is 12.8 Å². The molecule has 2 N–H and O–H groups in total. The fourth-order valence-electron chi connectivity index (χ4n) is 1.66. The van der Waals surface area contributed by atoms with Crippen LogP contribution in [0.3, 0.4) is 0 Å². The number of benzene rings is 1. The van der Waals surface area contributed by atoms with Crippen LogP contribution in [0.4, 0.5) is 10.2 Å². The maximum atomic E-state index is 13.6. The van der Waals surface area contributed by atoms with Crippen LogP contribution in [0.25, 0.3) is 11.3 Å². The molecule has 0 amide bonds. The first-order chi connectivity index (χ1) is 8.20. The largest absolute Gasteiger partial charge is 0.384 e. The molecule has 0 spiro atoms. The first-order valence-electron chi connectivity index (χ1n) is 5.59. The number of nitrogens with zero attached hydrogens (tertiary/aromatic N) is 2. The van der Waals surface area contributed by atoms with Crippen molar-refractivity contribution >= 4 is 5.82 Å². The monoisotopic (exact) mass is 231 g/mol. The number of aromatic nitrogens is 2. The third-order valence-electron chi connectivity index (χ3n) is 2.42. The Kier molecular flexibility index (Phi) is 3.32. The van der Waals surface area contributed by atoms with Crippen molar-refractivity contribution in [2.75, 3.05) is 5.73 Å². The van der Waals surface area contributed by atoms with Crippen molar-refractivity contribution in [3.63, 3.8) is 0 Å². The number of hydrogen-bond acceptors (Lipinski definition) is 3. The molecule has 1 aromatic carbocycles. The Morgan fingerprint density at radius 3 is 2.71 bits per heavy atom. The average Bonchev–Trinajstić information content (AvgIpc) is 2.29. The van der Waals surface area contributed by atoms with Gasteiger partial charge in [-0.2, -0.15) is 0 Å². The Morgan fingerprint density at radius 2 is 2.00 bits per heavy atom. The molecule has 3 nitrogen and oxygen atoms in total. The van der Waals surface area contributed by atoms with E-state index in [2.05, 4.69) is 9.97 Å². The van der Waals surface area contributed by atoms with Crippen molar-refractivity contribution in [3.05, 3.63) is 42.0 Å². The average molecular weight is 231 g/mol. The van der Waals surface area contributed by atoms with Crippen LogP contribution in [0.5, 0.6) is 0 Å². The van der Waals surface area contributed by atoms with Gasteiger partial charge < -0.3 is 5.73 Å². The normalized spacial score (nSPS) is 10.5. The zero-order valence-corrected chi connectivity index (χ0v) is 9.65. The molecular formula is C13H14FN3. The molecule has 2 aromatic rings. The van der Waals surface area contributed by atoms with Crippen molar-refractivity contribution in [2.24, 2.45) is 0 Å². The van der Waals surface area contributed by atoms with E-state index >= 15 is 0 Å². The molecule has 0 unspecified atom stereocenters. The Labute approximate surface area is 99.5 Å². The van der Waals surface area contributed by atoms with Gasteiger partial charge in [0.05, 0.1) is 5.69 Å². The van der Waals surface area contributed by atoms with Crippen molar-refractivity contribution in [3.8, 4) is 11.3 Å². The fourth-order valence-corrected chi connectivity index (χ4v) is 1.66. The van der Waals surface area contributed by atoms with Crippen LogP contribution in [-0.2, 0) is 6.42 Å². The molecular weight excluding hydrogens is 217 g/mol. The first kappa shape index (κ1) is 11.5. The summed E-state index contributed by atoms with van der Waals surface area (Å²) in [5, 5.41) is 0. The summed E-state index contributed by atoms with van der Waals surface area (Å²) in [6.45, 7) is 2.04. The maximum absolute atomic E-state index is 13.6. The number of rotatable bonds is 3. The van der Waals surface area contributed by atoms with Gasteiger partial charge in [-0.15, -0.1) is 0 Å². The van der Waals surface area contributed by atoms with Gasteiger partial charge in [0.2, 0.25) is 0 Å². The Morgan fingerprint density at radius 1 is 1.24 bits per heavy atom. The number of nitrogens with two attached hydrogens (primary N) is 1. The number of nitrogen functional groups attached to an aromatic ring is 1. The van der Waals surface area contributed by atoms with E-state index in [-0.39, 0.29) is 5.82 Å².